The van der Waals surface area contributed by atoms with Crippen LogP contribution in [0.25, 0.3) is 11.1 Å². The molecule has 132 valence electrons. The van der Waals surface area contributed by atoms with E-state index in [9.17, 15) is 8.78 Å². The third kappa shape index (κ3) is 3.27. The SMILES string of the molecule is Fc1cccnc1COc1cc(-c2cccnc2F)c2c(n1)CCCC2. The third-order valence-corrected chi connectivity index (χ3v) is 4.52. The van der Waals surface area contributed by atoms with Gasteiger partial charge in [0.2, 0.25) is 11.8 Å². The molecule has 0 radical (unpaired) electrons. The summed E-state index contributed by atoms with van der Waals surface area (Å²) in [6, 6.07) is 7.99. The summed E-state index contributed by atoms with van der Waals surface area (Å²) in [6.07, 6.45) is 6.68. The van der Waals surface area contributed by atoms with Crippen LogP contribution in [0.4, 0.5) is 8.78 Å². The largest absolute Gasteiger partial charge is 0.471 e. The Bertz CT molecular complexity index is 946. The summed E-state index contributed by atoms with van der Waals surface area (Å²) in [7, 11) is 0. The van der Waals surface area contributed by atoms with Crippen molar-refractivity contribution in [3.05, 3.63) is 71.4 Å². The summed E-state index contributed by atoms with van der Waals surface area (Å²) < 4.78 is 33.7. The second-order valence-electron chi connectivity index (χ2n) is 6.20. The Morgan fingerprint density at radius 3 is 2.62 bits per heavy atom. The average molecular weight is 353 g/mol. The molecule has 0 N–H and O–H groups in total. The lowest BCUT2D eigenvalue weighted by atomic mass is 9.89. The number of hydrogen-bond acceptors (Lipinski definition) is 4. The zero-order chi connectivity index (χ0) is 17.9. The number of hydrogen-bond donors (Lipinski definition) is 0. The lowest BCUT2D eigenvalue weighted by molar-refractivity contribution is 0.281. The third-order valence-electron chi connectivity index (χ3n) is 4.52. The van der Waals surface area contributed by atoms with Crippen molar-refractivity contribution in [3.63, 3.8) is 0 Å². The van der Waals surface area contributed by atoms with Crippen LogP contribution in [0.2, 0.25) is 0 Å². The quantitative estimate of drug-likeness (QED) is 0.657. The molecule has 26 heavy (non-hydrogen) atoms. The molecular weight excluding hydrogens is 336 g/mol. The van der Waals surface area contributed by atoms with Crippen LogP contribution in [0.5, 0.6) is 5.88 Å². The topological polar surface area (TPSA) is 47.9 Å². The normalized spacial score (nSPS) is 13.3. The molecule has 0 amide bonds. The van der Waals surface area contributed by atoms with E-state index in [1.807, 2.05) is 0 Å². The molecule has 3 heterocycles. The number of fused-ring (bicyclic) bond motifs is 1. The van der Waals surface area contributed by atoms with Gasteiger partial charge in [-0.15, -0.1) is 0 Å². The first kappa shape index (κ1) is 16.6. The number of pyridine rings is 3. The first-order valence-corrected chi connectivity index (χ1v) is 8.58. The summed E-state index contributed by atoms with van der Waals surface area (Å²) in [5, 5.41) is 0. The van der Waals surface area contributed by atoms with Gasteiger partial charge in [0.05, 0.1) is 0 Å². The molecule has 0 aliphatic heterocycles. The molecule has 0 saturated carbocycles. The highest BCUT2D eigenvalue weighted by atomic mass is 19.1. The van der Waals surface area contributed by atoms with Crippen molar-refractivity contribution in [1.82, 2.24) is 15.0 Å². The molecule has 3 aromatic rings. The van der Waals surface area contributed by atoms with Gasteiger partial charge < -0.3 is 4.74 Å². The molecule has 1 aliphatic carbocycles. The zero-order valence-corrected chi connectivity index (χ0v) is 14.1. The number of halogens is 2. The van der Waals surface area contributed by atoms with Crippen molar-refractivity contribution in [2.24, 2.45) is 0 Å². The van der Waals surface area contributed by atoms with Crippen LogP contribution in [0.15, 0.2) is 42.7 Å². The fourth-order valence-corrected chi connectivity index (χ4v) is 3.25. The van der Waals surface area contributed by atoms with Crippen LogP contribution in [-0.4, -0.2) is 15.0 Å². The van der Waals surface area contributed by atoms with Gasteiger partial charge in [-0.05, 0) is 61.1 Å². The maximum Gasteiger partial charge on any atom is 0.220 e. The van der Waals surface area contributed by atoms with E-state index in [1.165, 1.54) is 24.5 Å². The monoisotopic (exact) mass is 353 g/mol. The molecule has 3 aromatic heterocycles. The Morgan fingerprint density at radius 2 is 1.77 bits per heavy atom. The summed E-state index contributed by atoms with van der Waals surface area (Å²) in [6.45, 7) is -0.0343. The van der Waals surface area contributed by atoms with Gasteiger partial charge >= 0.3 is 0 Å². The van der Waals surface area contributed by atoms with E-state index in [1.54, 1.807) is 18.2 Å². The van der Waals surface area contributed by atoms with Crippen molar-refractivity contribution in [2.75, 3.05) is 0 Å². The van der Waals surface area contributed by atoms with E-state index in [0.29, 0.717) is 11.4 Å². The molecule has 4 rings (SSSR count). The zero-order valence-electron chi connectivity index (χ0n) is 14.1. The minimum atomic E-state index is -0.520. The number of aromatic nitrogens is 3. The molecule has 0 saturated heterocycles. The van der Waals surface area contributed by atoms with E-state index in [2.05, 4.69) is 15.0 Å². The van der Waals surface area contributed by atoms with Crippen LogP contribution >= 0.6 is 0 Å². The highest BCUT2D eigenvalue weighted by molar-refractivity contribution is 5.69. The van der Waals surface area contributed by atoms with Crippen LogP contribution < -0.4 is 4.74 Å². The predicted octanol–water partition coefficient (Wildman–Crippen LogP) is 4.27. The number of nitrogens with zero attached hydrogens (tertiary/aromatic N) is 3. The maximum atomic E-state index is 14.2. The van der Waals surface area contributed by atoms with Crippen molar-refractivity contribution in [1.29, 1.82) is 0 Å². The van der Waals surface area contributed by atoms with E-state index in [4.69, 9.17) is 4.74 Å². The lowest BCUT2D eigenvalue weighted by Gasteiger charge is -2.20. The smallest absolute Gasteiger partial charge is 0.220 e. The fraction of sp³-hybridized carbons (Fsp3) is 0.250. The van der Waals surface area contributed by atoms with Gasteiger partial charge in [0.25, 0.3) is 0 Å². The lowest BCUT2D eigenvalue weighted by Crippen LogP contribution is -2.10. The summed E-state index contributed by atoms with van der Waals surface area (Å²) in [5.41, 5.74) is 3.34. The first-order chi connectivity index (χ1) is 12.7. The Hall–Kier alpha value is -2.89. The van der Waals surface area contributed by atoms with Crippen molar-refractivity contribution in [3.8, 4) is 17.0 Å². The van der Waals surface area contributed by atoms with Gasteiger partial charge in [-0.25, -0.2) is 14.4 Å². The number of ether oxygens (including phenoxy) is 1. The molecule has 0 bridgehead atoms. The van der Waals surface area contributed by atoms with Gasteiger partial charge in [-0.1, -0.05) is 0 Å². The molecule has 0 spiro atoms. The van der Waals surface area contributed by atoms with Gasteiger partial charge in [-0.3, -0.25) is 4.98 Å². The second kappa shape index (κ2) is 7.15. The molecule has 0 unspecified atom stereocenters. The molecule has 6 heteroatoms. The Balaban J connectivity index is 1.71. The molecule has 0 fully saturated rings. The Kier molecular flexibility index (Phi) is 4.56. The minimum absolute atomic E-state index is 0.0343. The number of rotatable bonds is 4. The van der Waals surface area contributed by atoms with Gasteiger partial charge in [-0.2, -0.15) is 4.39 Å². The van der Waals surface area contributed by atoms with Crippen LogP contribution in [0.1, 0.15) is 29.8 Å². The standard InChI is InChI=1S/C20H17F2N3O/c21-16-7-4-9-23-18(16)12-26-19-11-15(14-6-3-10-24-20(14)22)13-5-1-2-8-17(13)25-19/h3-4,6-7,9-11H,1-2,5,8,12H2. The van der Waals surface area contributed by atoms with Crippen molar-refractivity contribution in [2.45, 2.75) is 32.3 Å². The van der Waals surface area contributed by atoms with E-state index in [-0.39, 0.29) is 12.3 Å². The fourth-order valence-electron chi connectivity index (χ4n) is 3.25. The molecule has 0 atom stereocenters. The van der Waals surface area contributed by atoms with E-state index >= 15 is 0 Å². The highest BCUT2D eigenvalue weighted by Crippen LogP contribution is 2.34. The van der Waals surface area contributed by atoms with E-state index in [0.717, 1.165) is 42.5 Å². The second-order valence-corrected chi connectivity index (χ2v) is 6.20. The predicted molar refractivity (Wildman–Crippen MR) is 92.6 cm³/mol. The van der Waals surface area contributed by atoms with Gasteiger partial charge in [0.1, 0.15) is 18.1 Å². The highest BCUT2D eigenvalue weighted by Gasteiger charge is 2.20. The van der Waals surface area contributed by atoms with Crippen LogP contribution in [0, 0.1) is 11.8 Å². The minimum Gasteiger partial charge on any atom is -0.471 e. The molecule has 4 nitrogen and oxygen atoms in total. The van der Waals surface area contributed by atoms with Gasteiger partial charge in [0, 0.05) is 29.7 Å². The Morgan fingerprint density at radius 1 is 0.962 bits per heavy atom. The van der Waals surface area contributed by atoms with Crippen molar-refractivity contribution < 1.29 is 13.5 Å². The van der Waals surface area contributed by atoms with E-state index < -0.39 is 11.8 Å². The van der Waals surface area contributed by atoms with Crippen LogP contribution in [0.3, 0.4) is 0 Å². The number of aryl methyl sites for hydroxylation is 1. The average Bonchev–Trinajstić information content (AvgIpc) is 2.67. The molecule has 1 aliphatic rings. The Labute approximate surface area is 149 Å². The summed E-state index contributed by atoms with van der Waals surface area (Å²) in [4.78, 5) is 12.3. The summed E-state index contributed by atoms with van der Waals surface area (Å²) >= 11 is 0. The maximum absolute atomic E-state index is 14.2. The van der Waals surface area contributed by atoms with Crippen LogP contribution in [-0.2, 0) is 19.4 Å². The molecular formula is C20H17F2N3O. The molecule has 0 aromatic carbocycles. The van der Waals surface area contributed by atoms with Crippen molar-refractivity contribution >= 4 is 0 Å². The first-order valence-electron chi connectivity index (χ1n) is 8.58. The summed E-state index contributed by atoms with van der Waals surface area (Å²) in [5.74, 6) is -0.605. The van der Waals surface area contributed by atoms with Gasteiger partial charge in [0.15, 0.2) is 0 Å².